The zero-order valence-electron chi connectivity index (χ0n) is 11.3. The summed E-state index contributed by atoms with van der Waals surface area (Å²) in [6.45, 7) is 1.95. The molecular formula is C16H17BrN2O. The molecule has 104 valence electrons. The highest BCUT2D eigenvalue weighted by atomic mass is 79.9. The number of benzene rings is 2. The number of hydrogen-bond donors (Lipinski definition) is 2. The molecule has 0 fully saturated rings. The molecule has 0 saturated heterocycles. The smallest absolute Gasteiger partial charge is 0.241 e. The van der Waals surface area contributed by atoms with Gasteiger partial charge in [-0.25, -0.2) is 0 Å². The number of anilines is 1. The highest BCUT2D eigenvalue weighted by molar-refractivity contribution is 9.10. The van der Waals surface area contributed by atoms with Gasteiger partial charge in [0.1, 0.15) is 0 Å². The van der Waals surface area contributed by atoms with E-state index in [1.165, 1.54) is 0 Å². The first kappa shape index (κ1) is 14.8. The van der Waals surface area contributed by atoms with Crippen molar-refractivity contribution in [3.63, 3.8) is 0 Å². The normalized spacial score (nSPS) is 11.9. The molecule has 0 aliphatic carbocycles. The second-order valence-corrected chi connectivity index (χ2v) is 5.66. The van der Waals surface area contributed by atoms with Gasteiger partial charge >= 0.3 is 0 Å². The van der Waals surface area contributed by atoms with Crippen molar-refractivity contribution in [2.24, 2.45) is 5.73 Å². The Kier molecular flexibility index (Phi) is 4.93. The van der Waals surface area contributed by atoms with E-state index in [4.69, 9.17) is 5.73 Å². The Morgan fingerprint density at radius 1 is 1.25 bits per heavy atom. The minimum Gasteiger partial charge on any atom is -0.324 e. The van der Waals surface area contributed by atoms with Gasteiger partial charge in [-0.15, -0.1) is 0 Å². The summed E-state index contributed by atoms with van der Waals surface area (Å²) in [4.78, 5) is 12.1. The van der Waals surface area contributed by atoms with Gasteiger partial charge in [-0.3, -0.25) is 4.79 Å². The molecule has 1 amide bonds. The molecule has 0 aliphatic heterocycles. The lowest BCUT2D eigenvalue weighted by molar-refractivity contribution is -0.117. The number of hydrogen-bond acceptors (Lipinski definition) is 2. The summed E-state index contributed by atoms with van der Waals surface area (Å²) in [5, 5.41) is 2.88. The van der Waals surface area contributed by atoms with Gasteiger partial charge in [-0.1, -0.05) is 52.3 Å². The van der Waals surface area contributed by atoms with E-state index >= 15 is 0 Å². The molecule has 0 saturated carbocycles. The second kappa shape index (κ2) is 6.68. The van der Waals surface area contributed by atoms with E-state index in [0.29, 0.717) is 6.42 Å². The fourth-order valence-corrected chi connectivity index (χ4v) is 2.28. The minimum atomic E-state index is -0.559. The van der Waals surface area contributed by atoms with Crippen molar-refractivity contribution in [1.82, 2.24) is 0 Å². The first-order valence-corrected chi connectivity index (χ1v) is 7.22. The van der Waals surface area contributed by atoms with Crippen LogP contribution in [0.2, 0.25) is 0 Å². The van der Waals surface area contributed by atoms with Gasteiger partial charge in [0.25, 0.3) is 0 Å². The van der Waals surface area contributed by atoms with Gasteiger partial charge in [0.2, 0.25) is 5.91 Å². The number of rotatable bonds is 4. The van der Waals surface area contributed by atoms with Crippen LogP contribution in [0.1, 0.15) is 11.1 Å². The second-order valence-electron chi connectivity index (χ2n) is 4.74. The van der Waals surface area contributed by atoms with Crippen molar-refractivity contribution in [3.05, 3.63) is 64.1 Å². The fourth-order valence-electron chi connectivity index (χ4n) is 1.92. The Morgan fingerprint density at radius 3 is 2.65 bits per heavy atom. The topological polar surface area (TPSA) is 55.1 Å². The maximum atomic E-state index is 12.1. The summed E-state index contributed by atoms with van der Waals surface area (Å²) >= 11 is 3.39. The van der Waals surface area contributed by atoms with Crippen LogP contribution in [0.4, 0.5) is 5.69 Å². The van der Waals surface area contributed by atoms with E-state index in [9.17, 15) is 4.79 Å². The van der Waals surface area contributed by atoms with E-state index in [0.717, 1.165) is 21.3 Å². The third-order valence-corrected chi connectivity index (χ3v) is 3.59. The van der Waals surface area contributed by atoms with Crippen LogP contribution in [-0.4, -0.2) is 11.9 Å². The number of carbonyl (C=O) groups excluding carboxylic acids is 1. The summed E-state index contributed by atoms with van der Waals surface area (Å²) in [5.41, 5.74) is 8.81. The van der Waals surface area contributed by atoms with Crippen molar-refractivity contribution in [2.45, 2.75) is 19.4 Å². The predicted octanol–water partition coefficient (Wildman–Crippen LogP) is 3.27. The molecule has 1 unspecified atom stereocenters. The molecule has 2 aromatic rings. The van der Waals surface area contributed by atoms with E-state index in [1.807, 2.05) is 55.5 Å². The standard InChI is InChI=1S/C16H17BrN2O/c1-11-7-8-13(17)10-15(11)19-16(20)14(18)9-12-5-3-2-4-6-12/h2-8,10,14H,9,18H2,1H3,(H,19,20). The summed E-state index contributed by atoms with van der Waals surface area (Å²) < 4.78 is 0.926. The molecule has 0 heterocycles. The predicted molar refractivity (Wildman–Crippen MR) is 85.6 cm³/mol. The Morgan fingerprint density at radius 2 is 1.95 bits per heavy atom. The summed E-state index contributed by atoms with van der Waals surface area (Å²) in [5.74, 6) is -0.171. The van der Waals surface area contributed by atoms with Crippen LogP contribution in [-0.2, 0) is 11.2 Å². The van der Waals surface area contributed by atoms with E-state index < -0.39 is 6.04 Å². The van der Waals surface area contributed by atoms with Crippen LogP contribution < -0.4 is 11.1 Å². The van der Waals surface area contributed by atoms with Crippen molar-refractivity contribution in [1.29, 1.82) is 0 Å². The maximum Gasteiger partial charge on any atom is 0.241 e. The SMILES string of the molecule is Cc1ccc(Br)cc1NC(=O)C(N)Cc1ccccc1. The van der Waals surface area contributed by atoms with Gasteiger partial charge in [0.05, 0.1) is 6.04 Å². The highest BCUT2D eigenvalue weighted by Gasteiger charge is 2.15. The third-order valence-electron chi connectivity index (χ3n) is 3.09. The molecule has 20 heavy (non-hydrogen) atoms. The number of halogens is 1. The quantitative estimate of drug-likeness (QED) is 0.902. The van der Waals surface area contributed by atoms with Crippen molar-refractivity contribution in [3.8, 4) is 0 Å². The summed E-state index contributed by atoms with van der Waals surface area (Å²) in [6.07, 6.45) is 0.528. The molecule has 3 nitrogen and oxygen atoms in total. The lowest BCUT2D eigenvalue weighted by atomic mass is 10.1. The molecule has 0 spiro atoms. The number of amides is 1. The molecule has 2 rings (SSSR count). The van der Waals surface area contributed by atoms with Crippen LogP contribution in [0.3, 0.4) is 0 Å². The summed E-state index contributed by atoms with van der Waals surface area (Å²) in [6, 6.07) is 15.0. The Bertz CT molecular complexity index is 599. The molecule has 0 aliphatic rings. The van der Waals surface area contributed by atoms with Crippen LogP contribution in [0, 0.1) is 6.92 Å². The van der Waals surface area contributed by atoms with Crippen LogP contribution in [0.25, 0.3) is 0 Å². The third kappa shape index (κ3) is 3.92. The van der Waals surface area contributed by atoms with E-state index in [-0.39, 0.29) is 5.91 Å². The van der Waals surface area contributed by atoms with Gasteiger partial charge < -0.3 is 11.1 Å². The molecule has 0 bridgehead atoms. The lowest BCUT2D eigenvalue weighted by Gasteiger charge is -2.14. The Balaban J connectivity index is 2.02. The number of aryl methyl sites for hydroxylation is 1. The molecular weight excluding hydrogens is 316 g/mol. The van der Waals surface area contributed by atoms with Gasteiger partial charge in [-0.05, 0) is 36.6 Å². The van der Waals surface area contributed by atoms with E-state index in [1.54, 1.807) is 0 Å². The first-order chi connectivity index (χ1) is 9.56. The number of nitrogens with two attached hydrogens (primary N) is 1. The average molecular weight is 333 g/mol. The monoisotopic (exact) mass is 332 g/mol. The molecule has 2 aromatic carbocycles. The Hall–Kier alpha value is -1.65. The van der Waals surface area contributed by atoms with Crippen molar-refractivity contribution >= 4 is 27.5 Å². The van der Waals surface area contributed by atoms with Crippen LogP contribution in [0.15, 0.2) is 53.0 Å². The zero-order chi connectivity index (χ0) is 14.5. The largest absolute Gasteiger partial charge is 0.324 e. The summed E-state index contributed by atoms with van der Waals surface area (Å²) in [7, 11) is 0. The van der Waals surface area contributed by atoms with Gasteiger partial charge in [0, 0.05) is 10.2 Å². The average Bonchev–Trinajstić information content (AvgIpc) is 2.44. The maximum absolute atomic E-state index is 12.1. The zero-order valence-corrected chi connectivity index (χ0v) is 12.9. The Labute approximate surface area is 127 Å². The number of nitrogens with one attached hydrogen (secondary N) is 1. The molecule has 0 aromatic heterocycles. The van der Waals surface area contributed by atoms with Gasteiger partial charge in [0.15, 0.2) is 0 Å². The first-order valence-electron chi connectivity index (χ1n) is 6.43. The minimum absolute atomic E-state index is 0.171. The lowest BCUT2D eigenvalue weighted by Crippen LogP contribution is -2.37. The van der Waals surface area contributed by atoms with Crippen LogP contribution in [0.5, 0.6) is 0 Å². The molecule has 4 heteroatoms. The molecule has 1 atom stereocenters. The number of carbonyl (C=O) groups is 1. The molecule has 3 N–H and O–H groups in total. The highest BCUT2D eigenvalue weighted by Crippen LogP contribution is 2.20. The van der Waals surface area contributed by atoms with E-state index in [2.05, 4.69) is 21.2 Å². The fraction of sp³-hybridized carbons (Fsp3) is 0.188. The molecule has 0 radical (unpaired) electrons. The van der Waals surface area contributed by atoms with Crippen molar-refractivity contribution < 1.29 is 4.79 Å². The van der Waals surface area contributed by atoms with Crippen LogP contribution >= 0.6 is 15.9 Å². The van der Waals surface area contributed by atoms with Crippen molar-refractivity contribution in [2.75, 3.05) is 5.32 Å². The van der Waals surface area contributed by atoms with Gasteiger partial charge in [-0.2, -0.15) is 0 Å².